The van der Waals surface area contributed by atoms with Gasteiger partial charge in [0.15, 0.2) is 0 Å². The molecular formula is C21H26N4O2. The minimum Gasteiger partial charge on any atom is -0.356 e. The van der Waals surface area contributed by atoms with Gasteiger partial charge in [0.2, 0.25) is 5.91 Å². The second kappa shape index (κ2) is 7.70. The van der Waals surface area contributed by atoms with E-state index < -0.39 is 0 Å². The second-order valence-corrected chi connectivity index (χ2v) is 7.74. The standard InChI is InChI=1S/C21H26N4O2/c1-21(2,3)25-14-18(13-19(25)26)24-20(27)23-17-11-9-16(10-12-17)22-15-7-5-4-6-8-15/h4-12,18,22H,13-14H2,1-3H3,(H2,23,24,27). The summed E-state index contributed by atoms with van der Waals surface area (Å²) in [6.07, 6.45) is 0.338. The van der Waals surface area contributed by atoms with Crippen molar-refractivity contribution in [2.24, 2.45) is 0 Å². The normalized spacial score (nSPS) is 16.9. The van der Waals surface area contributed by atoms with Gasteiger partial charge in [-0.3, -0.25) is 4.79 Å². The highest BCUT2D eigenvalue weighted by Gasteiger charge is 2.36. The van der Waals surface area contributed by atoms with Crippen molar-refractivity contribution in [3.63, 3.8) is 0 Å². The average molecular weight is 366 g/mol. The summed E-state index contributed by atoms with van der Waals surface area (Å²) in [6, 6.07) is 16.9. The first-order chi connectivity index (χ1) is 12.8. The maximum absolute atomic E-state index is 12.2. The Bertz CT molecular complexity index is 797. The van der Waals surface area contributed by atoms with Crippen LogP contribution in [0, 0.1) is 0 Å². The van der Waals surface area contributed by atoms with Crippen molar-refractivity contribution < 1.29 is 9.59 Å². The molecule has 1 atom stereocenters. The Morgan fingerprint density at radius 2 is 1.56 bits per heavy atom. The first-order valence-corrected chi connectivity index (χ1v) is 9.11. The summed E-state index contributed by atoms with van der Waals surface area (Å²) in [6.45, 7) is 6.53. The molecule has 2 aromatic rings. The van der Waals surface area contributed by atoms with Crippen LogP contribution >= 0.6 is 0 Å². The molecule has 3 amide bonds. The van der Waals surface area contributed by atoms with E-state index in [0.717, 1.165) is 11.4 Å². The Kier molecular flexibility index (Phi) is 5.35. The number of nitrogens with zero attached hydrogens (tertiary/aromatic N) is 1. The van der Waals surface area contributed by atoms with Crippen LogP contribution in [-0.4, -0.2) is 35.0 Å². The summed E-state index contributed by atoms with van der Waals surface area (Å²) in [5.41, 5.74) is 2.41. The van der Waals surface area contributed by atoms with Crippen LogP contribution in [0.15, 0.2) is 54.6 Å². The molecule has 0 aromatic heterocycles. The monoisotopic (exact) mass is 366 g/mol. The molecule has 27 heavy (non-hydrogen) atoms. The molecule has 6 heteroatoms. The maximum atomic E-state index is 12.2. The van der Waals surface area contributed by atoms with E-state index in [1.807, 2.05) is 80.3 Å². The van der Waals surface area contributed by atoms with Crippen LogP contribution in [0.2, 0.25) is 0 Å². The molecule has 0 spiro atoms. The first kappa shape index (κ1) is 18.8. The van der Waals surface area contributed by atoms with E-state index in [1.165, 1.54) is 0 Å². The van der Waals surface area contributed by atoms with Crippen LogP contribution in [0.3, 0.4) is 0 Å². The van der Waals surface area contributed by atoms with Crippen molar-refractivity contribution in [1.29, 1.82) is 0 Å². The molecule has 0 bridgehead atoms. The van der Waals surface area contributed by atoms with Crippen LogP contribution in [0.4, 0.5) is 21.9 Å². The number of nitrogens with one attached hydrogen (secondary N) is 3. The Morgan fingerprint density at radius 3 is 2.15 bits per heavy atom. The van der Waals surface area contributed by atoms with Crippen LogP contribution in [-0.2, 0) is 4.79 Å². The Hall–Kier alpha value is -3.02. The summed E-state index contributed by atoms with van der Waals surface area (Å²) < 4.78 is 0. The van der Waals surface area contributed by atoms with Gasteiger partial charge in [-0.25, -0.2) is 4.79 Å². The third kappa shape index (κ3) is 5.00. The van der Waals surface area contributed by atoms with Gasteiger partial charge in [-0.1, -0.05) is 18.2 Å². The lowest BCUT2D eigenvalue weighted by Crippen LogP contribution is -2.45. The quantitative estimate of drug-likeness (QED) is 0.767. The molecule has 1 heterocycles. The highest BCUT2D eigenvalue weighted by molar-refractivity contribution is 5.90. The number of carbonyl (C=O) groups is 2. The number of anilines is 3. The van der Waals surface area contributed by atoms with Gasteiger partial charge in [0.05, 0.1) is 6.04 Å². The predicted octanol–water partition coefficient (Wildman–Crippen LogP) is 3.95. The molecule has 0 aliphatic carbocycles. The molecule has 2 aromatic carbocycles. The number of hydrogen-bond donors (Lipinski definition) is 3. The van der Waals surface area contributed by atoms with Crippen molar-refractivity contribution in [1.82, 2.24) is 10.2 Å². The number of benzene rings is 2. The zero-order valence-electron chi connectivity index (χ0n) is 16.0. The molecule has 1 aliphatic heterocycles. The third-order valence-electron chi connectivity index (χ3n) is 4.48. The zero-order valence-corrected chi connectivity index (χ0v) is 16.0. The van der Waals surface area contributed by atoms with Crippen molar-refractivity contribution >= 4 is 29.0 Å². The Labute approximate surface area is 159 Å². The summed E-state index contributed by atoms with van der Waals surface area (Å²) in [5.74, 6) is 0.0733. The molecular weight excluding hydrogens is 340 g/mol. The van der Waals surface area contributed by atoms with E-state index >= 15 is 0 Å². The van der Waals surface area contributed by atoms with Crippen molar-refractivity contribution in [2.45, 2.75) is 38.8 Å². The lowest BCUT2D eigenvalue weighted by atomic mass is 10.1. The molecule has 3 N–H and O–H groups in total. The number of para-hydroxylation sites is 1. The fourth-order valence-corrected chi connectivity index (χ4v) is 3.13. The molecule has 1 saturated heterocycles. The molecule has 0 radical (unpaired) electrons. The second-order valence-electron chi connectivity index (χ2n) is 7.74. The van der Waals surface area contributed by atoms with Crippen LogP contribution < -0.4 is 16.0 Å². The predicted molar refractivity (Wildman–Crippen MR) is 108 cm³/mol. The SMILES string of the molecule is CC(C)(C)N1CC(NC(=O)Nc2ccc(Nc3ccccc3)cc2)CC1=O. The summed E-state index contributed by atoms with van der Waals surface area (Å²) >= 11 is 0. The van der Waals surface area contributed by atoms with Gasteiger partial charge in [0.1, 0.15) is 0 Å². The van der Waals surface area contributed by atoms with Gasteiger partial charge in [-0.2, -0.15) is 0 Å². The average Bonchev–Trinajstić information content (AvgIpc) is 2.98. The van der Waals surface area contributed by atoms with E-state index in [4.69, 9.17) is 0 Å². The topological polar surface area (TPSA) is 73.5 Å². The number of amides is 3. The summed E-state index contributed by atoms with van der Waals surface area (Å²) in [5, 5.41) is 9.00. The molecule has 3 rings (SSSR count). The van der Waals surface area contributed by atoms with Gasteiger partial charge >= 0.3 is 6.03 Å². The molecule has 1 unspecified atom stereocenters. The van der Waals surface area contributed by atoms with E-state index in [1.54, 1.807) is 0 Å². The van der Waals surface area contributed by atoms with Gasteiger partial charge in [-0.15, -0.1) is 0 Å². The van der Waals surface area contributed by atoms with E-state index in [9.17, 15) is 9.59 Å². The summed E-state index contributed by atoms with van der Waals surface area (Å²) in [7, 11) is 0. The minimum atomic E-state index is -0.299. The van der Waals surface area contributed by atoms with Crippen LogP contribution in [0.1, 0.15) is 27.2 Å². The number of urea groups is 1. The molecule has 0 saturated carbocycles. The number of likely N-dealkylation sites (tertiary alicyclic amines) is 1. The number of rotatable bonds is 4. The van der Waals surface area contributed by atoms with Crippen molar-refractivity contribution in [3.05, 3.63) is 54.6 Å². The number of carbonyl (C=O) groups excluding carboxylic acids is 2. The highest BCUT2D eigenvalue weighted by Crippen LogP contribution is 2.22. The molecule has 142 valence electrons. The lowest BCUT2D eigenvalue weighted by molar-refractivity contribution is -0.131. The summed E-state index contributed by atoms with van der Waals surface area (Å²) in [4.78, 5) is 26.2. The Balaban J connectivity index is 1.52. The van der Waals surface area contributed by atoms with E-state index in [2.05, 4.69) is 16.0 Å². The lowest BCUT2D eigenvalue weighted by Gasteiger charge is -2.32. The largest absolute Gasteiger partial charge is 0.356 e. The van der Waals surface area contributed by atoms with Gasteiger partial charge in [0.25, 0.3) is 0 Å². The van der Waals surface area contributed by atoms with Crippen LogP contribution in [0.5, 0.6) is 0 Å². The molecule has 1 fully saturated rings. The van der Waals surface area contributed by atoms with Gasteiger partial charge < -0.3 is 20.9 Å². The van der Waals surface area contributed by atoms with Crippen molar-refractivity contribution in [3.8, 4) is 0 Å². The van der Waals surface area contributed by atoms with E-state index in [0.29, 0.717) is 18.7 Å². The molecule has 6 nitrogen and oxygen atoms in total. The third-order valence-corrected chi connectivity index (χ3v) is 4.48. The minimum absolute atomic E-state index is 0.0733. The van der Waals surface area contributed by atoms with E-state index in [-0.39, 0.29) is 23.5 Å². The first-order valence-electron chi connectivity index (χ1n) is 9.11. The fraction of sp³-hybridized carbons (Fsp3) is 0.333. The zero-order chi connectivity index (χ0) is 19.4. The van der Waals surface area contributed by atoms with Crippen molar-refractivity contribution in [2.75, 3.05) is 17.2 Å². The van der Waals surface area contributed by atoms with Crippen LogP contribution in [0.25, 0.3) is 0 Å². The Morgan fingerprint density at radius 1 is 0.963 bits per heavy atom. The number of hydrogen-bond acceptors (Lipinski definition) is 3. The fourth-order valence-electron chi connectivity index (χ4n) is 3.13. The smallest absolute Gasteiger partial charge is 0.319 e. The van der Waals surface area contributed by atoms with Gasteiger partial charge in [0, 0.05) is 35.6 Å². The van der Waals surface area contributed by atoms with Gasteiger partial charge in [-0.05, 0) is 57.2 Å². The maximum Gasteiger partial charge on any atom is 0.319 e. The molecule has 1 aliphatic rings. The highest BCUT2D eigenvalue weighted by atomic mass is 16.2.